The lowest BCUT2D eigenvalue weighted by molar-refractivity contribution is 0.531. The molecule has 0 radical (unpaired) electrons. The lowest BCUT2D eigenvalue weighted by atomic mass is 10.1. The summed E-state index contributed by atoms with van der Waals surface area (Å²) in [6.45, 7) is 7.89. The Hall–Kier alpha value is 0.250. The Morgan fingerprint density at radius 1 is 0.857 bits per heavy atom. The van der Waals surface area contributed by atoms with Crippen molar-refractivity contribution in [1.82, 2.24) is 5.32 Å². The average Bonchev–Trinajstić information content (AvgIpc) is 2.09. The lowest BCUT2D eigenvalue weighted by Gasteiger charge is -2.07. The first-order valence-electron chi connectivity index (χ1n) is 6.00. The van der Waals surface area contributed by atoms with Crippen LogP contribution < -0.4 is 5.32 Å². The zero-order valence-corrected chi connectivity index (χ0v) is 11.0. The second kappa shape index (κ2) is 13.2. The van der Waals surface area contributed by atoms with Crippen LogP contribution >= 0.6 is 12.4 Å². The van der Waals surface area contributed by atoms with Crippen LogP contribution in [0.3, 0.4) is 0 Å². The largest absolute Gasteiger partial charge is 0.315 e. The molecular formula is C12H28ClN. The van der Waals surface area contributed by atoms with Gasteiger partial charge in [0.1, 0.15) is 0 Å². The molecule has 88 valence electrons. The van der Waals surface area contributed by atoms with Gasteiger partial charge in [-0.25, -0.2) is 0 Å². The van der Waals surface area contributed by atoms with Crippen LogP contribution in [-0.4, -0.2) is 12.6 Å². The van der Waals surface area contributed by atoms with Gasteiger partial charge in [-0.15, -0.1) is 12.4 Å². The summed E-state index contributed by atoms with van der Waals surface area (Å²) in [6.07, 6.45) is 9.84. The summed E-state index contributed by atoms with van der Waals surface area (Å²) >= 11 is 0. The molecule has 0 aromatic rings. The first kappa shape index (κ1) is 16.7. The van der Waals surface area contributed by atoms with Crippen LogP contribution in [-0.2, 0) is 0 Å². The standard InChI is InChI=1S/C12H27N.ClH/c1-4-5-6-7-8-9-10-11-13-12(2)3;/h12-13H,4-11H2,1-3H3;1H. The molecule has 0 amide bonds. The zero-order valence-electron chi connectivity index (χ0n) is 10.1. The molecule has 0 fully saturated rings. The molecule has 1 N–H and O–H groups in total. The van der Waals surface area contributed by atoms with Crippen molar-refractivity contribution in [1.29, 1.82) is 0 Å². The number of hydrogen-bond donors (Lipinski definition) is 1. The highest BCUT2D eigenvalue weighted by Crippen LogP contribution is 2.06. The van der Waals surface area contributed by atoms with Crippen molar-refractivity contribution >= 4 is 12.4 Å². The Bertz CT molecular complexity index is 94.3. The van der Waals surface area contributed by atoms with Crippen molar-refractivity contribution in [2.75, 3.05) is 6.54 Å². The SMILES string of the molecule is CCCCCCCCCNC(C)C.Cl. The highest BCUT2D eigenvalue weighted by molar-refractivity contribution is 5.85. The Kier molecular flexibility index (Phi) is 15.8. The van der Waals surface area contributed by atoms with Crippen LogP contribution in [0.5, 0.6) is 0 Å². The van der Waals surface area contributed by atoms with E-state index in [0.29, 0.717) is 6.04 Å². The fourth-order valence-electron chi connectivity index (χ4n) is 1.47. The molecule has 0 aromatic heterocycles. The topological polar surface area (TPSA) is 12.0 Å². The van der Waals surface area contributed by atoms with E-state index in [2.05, 4.69) is 26.1 Å². The molecule has 0 saturated carbocycles. The summed E-state index contributed by atoms with van der Waals surface area (Å²) < 4.78 is 0. The normalized spacial score (nSPS) is 10.3. The molecule has 0 atom stereocenters. The zero-order chi connectivity index (χ0) is 9.94. The molecule has 0 aliphatic carbocycles. The maximum Gasteiger partial charge on any atom is 0.00103 e. The molecule has 0 spiro atoms. The van der Waals surface area contributed by atoms with Gasteiger partial charge in [0.25, 0.3) is 0 Å². The molecule has 1 nitrogen and oxygen atoms in total. The van der Waals surface area contributed by atoms with E-state index in [0.717, 1.165) is 0 Å². The quantitative estimate of drug-likeness (QED) is 0.577. The first-order chi connectivity index (χ1) is 6.27. The molecule has 0 bridgehead atoms. The summed E-state index contributed by atoms with van der Waals surface area (Å²) in [5.74, 6) is 0. The minimum atomic E-state index is 0. The molecule has 0 aliphatic heterocycles. The van der Waals surface area contributed by atoms with E-state index in [9.17, 15) is 0 Å². The van der Waals surface area contributed by atoms with Gasteiger partial charge in [0.05, 0.1) is 0 Å². The highest BCUT2D eigenvalue weighted by atomic mass is 35.5. The molecule has 0 aromatic carbocycles. The fourth-order valence-corrected chi connectivity index (χ4v) is 1.47. The van der Waals surface area contributed by atoms with Gasteiger partial charge >= 0.3 is 0 Å². The van der Waals surface area contributed by atoms with Crippen molar-refractivity contribution in [2.24, 2.45) is 0 Å². The van der Waals surface area contributed by atoms with Crippen molar-refractivity contribution in [3.8, 4) is 0 Å². The van der Waals surface area contributed by atoms with E-state index < -0.39 is 0 Å². The third-order valence-electron chi connectivity index (χ3n) is 2.33. The molecule has 0 rings (SSSR count). The second-order valence-electron chi connectivity index (χ2n) is 4.23. The van der Waals surface area contributed by atoms with Gasteiger partial charge in [-0.05, 0) is 13.0 Å². The predicted octanol–water partition coefficient (Wildman–Crippen LogP) is 4.16. The minimum Gasteiger partial charge on any atom is -0.315 e. The van der Waals surface area contributed by atoms with Gasteiger partial charge < -0.3 is 5.32 Å². The van der Waals surface area contributed by atoms with Crippen LogP contribution in [0, 0.1) is 0 Å². The van der Waals surface area contributed by atoms with Gasteiger partial charge in [-0.1, -0.05) is 59.3 Å². The van der Waals surface area contributed by atoms with Crippen molar-refractivity contribution in [2.45, 2.75) is 71.8 Å². The molecule has 0 heterocycles. The molecule has 0 aliphatic rings. The Morgan fingerprint density at radius 2 is 1.36 bits per heavy atom. The molecule has 2 heteroatoms. The van der Waals surface area contributed by atoms with Gasteiger partial charge in [0.15, 0.2) is 0 Å². The van der Waals surface area contributed by atoms with Gasteiger partial charge in [-0.2, -0.15) is 0 Å². The van der Waals surface area contributed by atoms with E-state index in [1.165, 1.54) is 51.5 Å². The lowest BCUT2D eigenvalue weighted by Crippen LogP contribution is -2.23. The van der Waals surface area contributed by atoms with Gasteiger partial charge in [0.2, 0.25) is 0 Å². The maximum absolute atomic E-state index is 3.45. The van der Waals surface area contributed by atoms with E-state index in [4.69, 9.17) is 0 Å². The van der Waals surface area contributed by atoms with Crippen LogP contribution in [0.25, 0.3) is 0 Å². The monoisotopic (exact) mass is 221 g/mol. The van der Waals surface area contributed by atoms with E-state index in [-0.39, 0.29) is 12.4 Å². The summed E-state index contributed by atoms with van der Waals surface area (Å²) in [6, 6.07) is 0.653. The number of unbranched alkanes of at least 4 members (excludes halogenated alkanes) is 6. The van der Waals surface area contributed by atoms with E-state index in [1.54, 1.807) is 0 Å². The van der Waals surface area contributed by atoms with Gasteiger partial charge in [-0.3, -0.25) is 0 Å². The Balaban J connectivity index is 0. The summed E-state index contributed by atoms with van der Waals surface area (Å²) in [7, 11) is 0. The third-order valence-corrected chi connectivity index (χ3v) is 2.33. The smallest absolute Gasteiger partial charge is 0.00103 e. The van der Waals surface area contributed by atoms with Crippen molar-refractivity contribution in [3.05, 3.63) is 0 Å². The average molecular weight is 222 g/mol. The second-order valence-corrected chi connectivity index (χ2v) is 4.23. The van der Waals surface area contributed by atoms with Crippen LogP contribution in [0.1, 0.15) is 65.7 Å². The minimum absolute atomic E-state index is 0. The predicted molar refractivity (Wildman–Crippen MR) is 68.4 cm³/mol. The maximum atomic E-state index is 3.45. The number of nitrogens with one attached hydrogen (secondary N) is 1. The van der Waals surface area contributed by atoms with E-state index >= 15 is 0 Å². The van der Waals surface area contributed by atoms with Gasteiger partial charge in [0, 0.05) is 6.04 Å². The molecule has 0 saturated heterocycles. The number of halogens is 1. The highest BCUT2D eigenvalue weighted by Gasteiger charge is 1.92. The summed E-state index contributed by atoms with van der Waals surface area (Å²) in [4.78, 5) is 0. The van der Waals surface area contributed by atoms with Crippen molar-refractivity contribution in [3.63, 3.8) is 0 Å². The van der Waals surface area contributed by atoms with Crippen molar-refractivity contribution < 1.29 is 0 Å². The summed E-state index contributed by atoms with van der Waals surface area (Å²) in [5, 5.41) is 3.45. The van der Waals surface area contributed by atoms with Crippen LogP contribution in [0.4, 0.5) is 0 Å². The molecule has 0 unspecified atom stereocenters. The number of rotatable bonds is 9. The first-order valence-corrected chi connectivity index (χ1v) is 6.00. The summed E-state index contributed by atoms with van der Waals surface area (Å²) in [5.41, 5.74) is 0. The molecular weight excluding hydrogens is 194 g/mol. The fraction of sp³-hybridized carbons (Fsp3) is 1.00. The van der Waals surface area contributed by atoms with E-state index in [1.807, 2.05) is 0 Å². The van der Waals surface area contributed by atoms with Crippen LogP contribution in [0.2, 0.25) is 0 Å². The van der Waals surface area contributed by atoms with Crippen LogP contribution in [0.15, 0.2) is 0 Å². The Morgan fingerprint density at radius 3 is 1.86 bits per heavy atom. The number of hydrogen-bond acceptors (Lipinski definition) is 1. The third kappa shape index (κ3) is 14.8. The molecule has 14 heavy (non-hydrogen) atoms. The Labute approximate surface area is 96.5 Å².